The average Bonchev–Trinajstić information content (AvgIpc) is 3.12. The summed E-state index contributed by atoms with van der Waals surface area (Å²) in [7, 11) is 1.97. The molecule has 0 bridgehead atoms. The molecule has 142 valence electrons. The Kier molecular flexibility index (Phi) is 7.37. The van der Waals surface area contributed by atoms with E-state index in [2.05, 4.69) is 20.7 Å². The fourth-order valence-electron chi connectivity index (χ4n) is 3.11. The van der Waals surface area contributed by atoms with Gasteiger partial charge in [-0.3, -0.25) is 4.79 Å². The lowest BCUT2D eigenvalue weighted by Crippen LogP contribution is -2.46. The minimum Gasteiger partial charge on any atom is -0.341 e. The molecular weight excluding hydrogens is 375 g/mol. The van der Waals surface area contributed by atoms with Crippen molar-refractivity contribution in [2.75, 3.05) is 20.1 Å². The zero-order chi connectivity index (χ0) is 17.8. The molecule has 1 saturated heterocycles. The van der Waals surface area contributed by atoms with E-state index in [4.69, 9.17) is 11.6 Å². The maximum atomic E-state index is 12.9. The van der Waals surface area contributed by atoms with Gasteiger partial charge in [0.05, 0.1) is 0 Å². The highest BCUT2D eigenvalue weighted by molar-refractivity contribution is 6.30. The molecule has 3 rings (SSSR count). The fourth-order valence-corrected chi connectivity index (χ4v) is 3.23. The van der Waals surface area contributed by atoms with Gasteiger partial charge in [0, 0.05) is 29.7 Å². The first-order valence-corrected chi connectivity index (χ1v) is 9.01. The average molecular weight is 399 g/mol. The van der Waals surface area contributed by atoms with E-state index in [1.165, 1.54) is 4.80 Å². The van der Waals surface area contributed by atoms with Gasteiger partial charge in [0.2, 0.25) is 11.7 Å². The number of nitrogens with zero attached hydrogens (tertiary/aromatic N) is 5. The SMILES string of the molecule is CCC(C(=O)N1CCC(NC)CC1)n1nnc(-c2ccc(Cl)cc2)n1.Cl. The number of nitrogens with one attached hydrogen (secondary N) is 1. The first-order chi connectivity index (χ1) is 12.1. The molecule has 1 aromatic carbocycles. The van der Waals surface area contributed by atoms with Gasteiger partial charge in [-0.25, -0.2) is 0 Å². The second kappa shape index (κ2) is 9.30. The Hall–Kier alpha value is -1.70. The lowest BCUT2D eigenvalue weighted by atomic mass is 10.0. The summed E-state index contributed by atoms with van der Waals surface area (Å²) in [5, 5.41) is 16.6. The van der Waals surface area contributed by atoms with Crippen molar-refractivity contribution >= 4 is 29.9 Å². The van der Waals surface area contributed by atoms with Gasteiger partial charge in [0.15, 0.2) is 6.04 Å². The third kappa shape index (κ3) is 4.52. The smallest absolute Gasteiger partial charge is 0.249 e. The van der Waals surface area contributed by atoms with Crippen molar-refractivity contribution in [3.05, 3.63) is 29.3 Å². The van der Waals surface area contributed by atoms with Gasteiger partial charge in [-0.05, 0) is 55.8 Å². The predicted octanol–water partition coefficient (Wildman–Crippen LogP) is 2.58. The molecule has 2 heterocycles. The van der Waals surface area contributed by atoms with Crippen LogP contribution in [0.25, 0.3) is 11.4 Å². The van der Waals surface area contributed by atoms with Gasteiger partial charge in [0.25, 0.3) is 0 Å². The molecule has 0 radical (unpaired) electrons. The number of carbonyl (C=O) groups excluding carboxylic acids is 1. The summed E-state index contributed by atoms with van der Waals surface area (Å²) in [6.45, 7) is 3.49. The molecule has 0 spiro atoms. The molecule has 9 heteroatoms. The van der Waals surface area contributed by atoms with Gasteiger partial charge >= 0.3 is 0 Å². The molecule has 26 heavy (non-hydrogen) atoms. The Morgan fingerprint density at radius 3 is 2.54 bits per heavy atom. The van der Waals surface area contributed by atoms with E-state index in [0.29, 0.717) is 23.3 Å². The van der Waals surface area contributed by atoms with Crippen LogP contribution in [-0.2, 0) is 4.79 Å². The van der Waals surface area contributed by atoms with E-state index in [1.807, 2.05) is 31.0 Å². The number of piperidine rings is 1. The molecule has 1 N–H and O–H groups in total. The highest BCUT2D eigenvalue weighted by Gasteiger charge is 2.29. The summed E-state index contributed by atoms with van der Waals surface area (Å²) < 4.78 is 0. The van der Waals surface area contributed by atoms with Crippen LogP contribution in [0.3, 0.4) is 0 Å². The van der Waals surface area contributed by atoms with Crippen LogP contribution in [-0.4, -0.2) is 57.2 Å². The molecule has 1 fully saturated rings. The highest BCUT2D eigenvalue weighted by atomic mass is 35.5. The molecule has 1 aliphatic rings. The lowest BCUT2D eigenvalue weighted by Gasteiger charge is -2.33. The maximum absolute atomic E-state index is 12.9. The van der Waals surface area contributed by atoms with Crippen molar-refractivity contribution in [2.24, 2.45) is 0 Å². The summed E-state index contributed by atoms with van der Waals surface area (Å²) in [4.78, 5) is 16.2. The molecule has 1 unspecified atom stereocenters. The number of carbonyl (C=O) groups is 1. The zero-order valence-electron chi connectivity index (χ0n) is 14.9. The van der Waals surface area contributed by atoms with Crippen LogP contribution in [0.1, 0.15) is 32.2 Å². The van der Waals surface area contributed by atoms with Gasteiger partial charge in [-0.1, -0.05) is 18.5 Å². The number of benzene rings is 1. The topological polar surface area (TPSA) is 75.9 Å². The number of rotatable bonds is 5. The fraction of sp³-hybridized carbons (Fsp3) is 0.529. The second-order valence-electron chi connectivity index (χ2n) is 6.25. The van der Waals surface area contributed by atoms with E-state index < -0.39 is 6.04 Å². The van der Waals surface area contributed by atoms with E-state index in [0.717, 1.165) is 31.5 Å². The summed E-state index contributed by atoms with van der Waals surface area (Å²) >= 11 is 5.91. The Morgan fingerprint density at radius 1 is 1.31 bits per heavy atom. The van der Waals surface area contributed by atoms with Crippen molar-refractivity contribution < 1.29 is 4.79 Å². The molecule has 7 nitrogen and oxygen atoms in total. The van der Waals surface area contributed by atoms with E-state index >= 15 is 0 Å². The number of likely N-dealkylation sites (tertiary alicyclic amines) is 1. The van der Waals surface area contributed by atoms with Gasteiger partial charge in [0.1, 0.15) is 0 Å². The minimum absolute atomic E-state index is 0. The summed E-state index contributed by atoms with van der Waals surface area (Å²) in [6, 6.07) is 7.33. The van der Waals surface area contributed by atoms with Crippen molar-refractivity contribution in [1.29, 1.82) is 0 Å². The second-order valence-corrected chi connectivity index (χ2v) is 6.69. The number of halogens is 2. The highest BCUT2D eigenvalue weighted by Crippen LogP contribution is 2.20. The van der Waals surface area contributed by atoms with E-state index in [-0.39, 0.29) is 18.3 Å². The molecule has 0 saturated carbocycles. The third-order valence-electron chi connectivity index (χ3n) is 4.70. The molecule has 2 aromatic rings. The summed E-state index contributed by atoms with van der Waals surface area (Å²) in [5.74, 6) is 0.564. The monoisotopic (exact) mass is 398 g/mol. The number of hydrogen-bond acceptors (Lipinski definition) is 5. The molecule has 0 aliphatic carbocycles. The van der Waals surface area contributed by atoms with Crippen molar-refractivity contribution in [1.82, 2.24) is 30.4 Å². The number of hydrogen-bond donors (Lipinski definition) is 1. The largest absolute Gasteiger partial charge is 0.341 e. The normalized spacial score (nSPS) is 16.2. The Morgan fingerprint density at radius 2 is 1.96 bits per heavy atom. The van der Waals surface area contributed by atoms with Gasteiger partial charge < -0.3 is 10.2 Å². The van der Waals surface area contributed by atoms with Crippen LogP contribution < -0.4 is 5.32 Å². The first-order valence-electron chi connectivity index (χ1n) is 8.64. The summed E-state index contributed by atoms with van der Waals surface area (Å²) in [5.41, 5.74) is 0.827. The zero-order valence-corrected chi connectivity index (χ0v) is 16.5. The third-order valence-corrected chi connectivity index (χ3v) is 4.95. The number of tetrazole rings is 1. The van der Waals surface area contributed by atoms with Crippen LogP contribution in [0.2, 0.25) is 5.02 Å². The van der Waals surface area contributed by atoms with E-state index in [1.54, 1.807) is 12.1 Å². The van der Waals surface area contributed by atoms with Crippen molar-refractivity contribution in [3.8, 4) is 11.4 Å². The number of amides is 1. The predicted molar refractivity (Wildman–Crippen MR) is 104 cm³/mol. The minimum atomic E-state index is -0.417. The van der Waals surface area contributed by atoms with Crippen LogP contribution in [0.4, 0.5) is 0 Å². The van der Waals surface area contributed by atoms with Crippen molar-refractivity contribution in [3.63, 3.8) is 0 Å². The molecular formula is C17H24Cl2N6O. The standard InChI is InChI=1S/C17H23ClN6O.ClH/c1-3-15(17(25)23-10-8-14(19-2)9-11-23)24-21-16(20-22-24)12-4-6-13(18)7-5-12;/h4-7,14-15,19H,3,8-11H2,1-2H3;1H. The summed E-state index contributed by atoms with van der Waals surface area (Å²) in [6.07, 6.45) is 2.57. The molecule has 1 atom stereocenters. The van der Waals surface area contributed by atoms with Gasteiger partial charge in [-0.2, -0.15) is 4.80 Å². The van der Waals surface area contributed by atoms with Crippen LogP contribution in [0.15, 0.2) is 24.3 Å². The Bertz CT molecular complexity index is 712. The van der Waals surface area contributed by atoms with Gasteiger partial charge in [-0.15, -0.1) is 22.6 Å². The Balaban J connectivity index is 0.00000243. The van der Waals surface area contributed by atoms with Crippen molar-refractivity contribution in [2.45, 2.75) is 38.3 Å². The number of aromatic nitrogens is 4. The Labute approximate surface area is 164 Å². The molecule has 1 amide bonds. The first kappa shape index (κ1) is 20.6. The van der Waals surface area contributed by atoms with Crippen LogP contribution in [0, 0.1) is 0 Å². The van der Waals surface area contributed by atoms with Crippen LogP contribution in [0.5, 0.6) is 0 Å². The molecule has 1 aliphatic heterocycles. The molecule has 1 aromatic heterocycles. The van der Waals surface area contributed by atoms with Crippen LogP contribution >= 0.6 is 24.0 Å². The maximum Gasteiger partial charge on any atom is 0.249 e. The lowest BCUT2D eigenvalue weighted by molar-refractivity contribution is -0.136. The van der Waals surface area contributed by atoms with E-state index in [9.17, 15) is 4.79 Å². The quantitative estimate of drug-likeness (QED) is 0.837.